The molecule has 3 rings (SSSR count). The number of amides is 1. The highest BCUT2D eigenvalue weighted by Crippen LogP contribution is 2.34. The lowest BCUT2D eigenvalue weighted by Gasteiger charge is -2.14. The number of thiazole rings is 1. The number of aliphatic carboxylic acids is 1. The number of fused-ring (bicyclic) bond motifs is 1. The Morgan fingerprint density at radius 2 is 2.10 bits per heavy atom. The van der Waals surface area contributed by atoms with E-state index in [2.05, 4.69) is 10.3 Å². The van der Waals surface area contributed by atoms with Gasteiger partial charge in [0.2, 0.25) is 5.91 Å². The normalized spacial score (nSPS) is 21.6. The number of nitrogens with one attached hydrogen (secondary N) is 1. The topological polar surface area (TPSA) is 79.3 Å². The van der Waals surface area contributed by atoms with Crippen molar-refractivity contribution in [2.75, 3.05) is 5.32 Å². The number of carbonyl (C=O) groups excluding carboxylic acids is 1. The highest BCUT2D eigenvalue weighted by atomic mass is 35.5. The number of carbonyl (C=O) groups is 2. The van der Waals surface area contributed by atoms with E-state index >= 15 is 0 Å². The molecule has 2 atom stereocenters. The Labute approximate surface area is 129 Å². The third-order valence-corrected chi connectivity index (χ3v) is 4.92. The van der Waals surface area contributed by atoms with Gasteiger partial charge in [0.1, 0.15) is 0 Å². The molecule has 0 aliphatic heterocycles. The van der Waals surface area contributed by atoms with Gasteiger partial charge >= 0.3 is 5.97 Å². The predicted octanol–water partition coefficient (Wildman–Crippen LogP) is 3.39. The number of nitrogens with zero attached hydrogens (tertiary/aromatic N) is 1. The second-order valence-corrected chi connectivity index (χ2v) is 6.57. The van der Waals surface area contributed by atoms with Gasteiger partial charge in [-0.05, 0) is 31.0 Å². The van der Waals surface area contributed by atoms with Crippen LogP contribution in [0.25, 0.3) is 10.2 Å². The van der Waals surface area contributed by atoms with Crippen LogP contribution in [-0.4, -0.2) is 22.0 Å². The molecule has 2 N–H and O–H groups in total. The van der Waals surface area contributed by atoms with Gasteiger partial charge < -0.3 is 10.4 Å². The molecule has 21 heavy (non-hydrogen) atoms. The van der Waals surface area contributed by atoms with E-state index in [0.29, 0.717) is 23.0 Å². The first-order valence-corrected chi connectivity index (χ1v) is 7.84. The van der Waals surface area contributed by atoms with E-state index in [0.717, 1.165) is 16.6 Å². The van der Waals surface area contributed by atoms with Crippen LogP contribution in [-0.2, 0) is 9.59 Å². The number of aromatic nitrogens is 1. The van der Waals surface area contributed by atoms with Crippen molar-refractivity contribution < 1.29 is 14.7 Å². The molecule has 1 aromatic carbocycles. The number of benzene rings is 1. The SMILES string of the molecule is O=C(O)[C@H]1CCC[C@H]1C(=O)Nc1nc2ccc(Cl)cc2s1. The minimum Gasteiger partial charge on any atom is -0.481 e. The van der Waals surface area contributed by atoms with Crippen LogP contribution in [0.4, 0.5) is 5.13 Å². The van der Waals surface area contributed by atoms with Crippen LogP contribution in [0.5, 0.6) is 0 Å². The summed E-state index contributed by atoms with van der Waals surface area (Å²) in [4.78, 5) is 27.7. The standard InChI is InChI=1S/C14H13ClN2O3S/c15-7-4-5-10-11(6-7)21-14(16-10)17-12(18)8-2-1-3-9(8)13(19)20/h4-6,8-9H,1-3H2,(H,19,20)(H,16,17,18)/t8-,9+/m1/s1. The summed E-state index contributed by atoms with van der Waals surface area (Å²) in [5.41, 5.74) is 0.765. The summed E-state index contributed by atoms with van der Waals surface area (Å²) < 4.78 is 0.888. The molecule has 110 valence electrons. The lowest BCUT2D eigenvalue weighted by atomic mass is 9.95. The van der Waals surface area contributed by atoms with Gasteiger partial charge in [-0.25, -0.2) is 4.98 Å². The molecule has 1 amide bonds. The highest BCUT2D eigenvalue weighted by molar-refractivity contribution is 7.22. The summed E-state index contributed by atoms with van der Waals surface area (Å²) in [6.45, 7) is 0. The number of anilines is 1. The second kappa shape index (κ2) is 5.61. The van der Waals surface area contributed by atoms with E-state index in [1.54, 1.807) is 18.2 Å². The Morgan fingerprint density at radius 3 is 2.86 bits per heavy atom. The lowest BCUT2D eigenvalue weighted by Crippen LogP contribution is -2.29. The number of carboxylic acids is 1. The zero-order chi connectivity index (χ0) is 15.0. The molecule has 0 spiro atoms. The van der Waals surface area contributed by atoms with Gasteiger partial charge in [0.05, 0.1) is 22.1 Å². The fraction of sp³-hybridized carbons (Fsp3) is 0.357. The quantitative estimate of drug-likeness (QED) is 0.907. The largest absolute Gasteiger partial charge is 0.481 e. The maximum atomic E-state index is 12.2. The van der Waals surface area contributed by atoms with Gasteiger partial charge in [-0.3, -0.25) is 9.59 Å². The van der Waals surface area contributed by atoms with E-state index < -0.39 is 17.8 Å². The zero-order valence-corrected chi connectivity index (χ0v) is 12.6. The number of rotatable bonds is 3. The Bertz CT molecular complexity index is 715. The average molecular weight is 325 g/mol. The van der Waals surface area contributed by atoms with Crippen molar-refractivity contribution in [3.05, 3.63) is 23.2 Å². The molecular weight excluding hydrogens is 312 g/mol. The molecule has 1 aromatic heterocycles. The first kappa shape index (κ1) is 14.3. The lowest BCUT2D eigenvalue weighted by molar-refractivity contribution is -0.145. The summed E-state index contributed by atoms with van der Waals surface area (Å²) >= 11 is 7.25. The molecule has 0 radical (unpaired) electrons. The minimum absolute atomic E-state index is 0.259. The Morgan fingerprint density at radius 1 is 1.33 bits per heavy atom. The van der Waals surface area contributed by atoms with Crippen molar-refractivity contribution in [1.29, 1.82) is 0 Å². The van der Waals surface area contributed by atoms with Crippen LogP contribution < -0.4 is 5.32 Å². The predicted molar refractivity (Wildman–Crippen MR) is 81.7 cm³/mol. The number of halogens is 1. The monoisotopic (exact) mass is 324 g/mol. The molecule has 1 fully saturated rings. The van der Waals surface area contributed by atoms with Crippen LogP contribution in [0.3, 0.4) is 0 Å². The van der Waals surface area contributed by atoms with Gasteiger partial charge in [0.25, 0.3) is 0 Å². The number of carboxylic acid groups (broad SMARTS) is 1. The van der Waals surface area contributed by atoms with E-state index in [9.17, 15) is 9.59 Å². The Balaban J connectivity index is 1.78. The van der Waals surface area contributed by atoms with Crippen LogP contribution in [0.2, 0.25) is 5.02 Å². The van der Waals surface area contributed by atoms with Crippen LogP contribution in [0.1, 0.15) is 19.3 Å². The van der Waals surface area contributed by atoms with Gasteiger partial charge in [-0.15, -0.1) is 0 Å². The van der Waals surface area contributed by atoms with Crippen molar-refractivity contribution in [2.24, 2.45) is 11.8 Å². The molecule has 1 saturated carbocycles. The Hall–Kier alpha value is -1.66. The first-order chi connectivity index (χ1) is 10.0. The Kier molecular flexibility index (Phi) is 3.82. The number of hydrogen-bond acceptors (Lipinski definition) is 4. The third kappa shape index (κ3) is 2.87. The van der Waals surface area contributed by atoms with Gasteiger partial charge in [0.15, 0.2) is 5.13 Å². The van der Waals surface area contributed by atoms with Crippen molar-refractivity contribution in [3.8, 4) is 0 Å². The van der Waals surface area contributed by atoms with Crippen molar-refractivity contribution in [3.63, 3.8) is 0 Å². The van der Waals surface area contributed by atoms with Gasteiger partial charge in [-0.1, -0.05) is 29.4 Å². The molecule has 0 bridgehead atoms. The molecule has 0 saturated heterocycles. The average Bonchev–Trinajstić information content (AvgIpc) is 3.03. The summed E-state index contributed by atoms with van der Waals surface area (Å²) in [6.07, 6.45) is 1.94. The molecular formula is C14H13ClN2O3S. The summed E-state index contributed by atoms with van der Waals surface area (Å²) in [6, 6.07) is 5.33. The first-order valence-electron chi connectivity index (χ1n) is 6.64. The molecule has 1 aliphatic carbocycles. The van der Waals surface area contributed by atoms with E-state index in [-0.39, 0.29) is 5.91 Å². The molecule has 1 heterocycles. The second-order valence-electron chi connectivity index (χ2n) is 5.10. The molecule has 2 aromatic rings. The van der Waals surface area contributed by atoms with Crippen LogP contribution >= 0.6 is 22.9 Å². The summed E-state index contributed by atoms with van der Waals surface area (Å²) in [7, 11) is 0. The van der Waals surface area contributed by atoms with Crippen molar-refractivity contribution in [1.82, 2.24) is 4.98 Å². The maximum absolute atomic E-state index is 12.2. The van der Waals surface area contributed by atoms with Gasteiger partial charge in [-0.2, -0.15) is 0 Å². The van der Waals surface area contributed by atoms with Crippen molar-refractivity contribution in [2.45, 2.75) is 19.3 Å². The molecule has 0 unspecified atom stereocenters. The van der Waals surface area contributed by atoms with Crippen LogP contribution in [0.15, 0.2) is 18.2 Å². The van der Waals surface area contributed by atoms with Crippen LogP contribution in [0, 0.1) is 11.8 Å². The maximum Gasteiger partial charge on any atom is 0.307 e. The fourth-order valence-corrected chi connectivity index (χ4v) is 3.86. The molecule has 5 nitrogen and oxygen atoms in total. The fourth-order valence-electron chi connectivity index (χ4n) is 2.72. The molecule has 7 heteroatoms. The van der Waals surface area contributed by atoms with E-state index in [1.165, 1.54) is 11.3 Å². The third-order valence-electron chi connectivity index (χ3n) is 3.75. The number of hydrogen-bond donors (Lipinski definition) is 2. The highest BCUT2D eigenvalue weighted by Gasteiger charge is 2.37. The van der Waals surface area contributed by atoms with Crippen molar-refractivity contribution >= 4 is 50.2 Å². The zero-order valence-electron chi connectivity index (χ0n) is 11.0. The van der Waals surface area contributed by atoms with E-state index in [4.69, 9.17) is 16.7 Å². The van der Waals surface area contributed by atoms with Gasteiger partial charge in [0, 0.05) is 5.02 Å². The summed E-state index contributed by atoms with van der Waals surface area (Å²) in [5, 5.41) is 13.0. The molecule has 1 aliphatic rings. The smallest absolute Gasteiger partial charge is 0.307 e. The minimum atomic E-state index is -0.899. The summed E-state index contributed by atoms with van der Waals surface area (Å²) in [5.74, 6) is -2.22. The van der Waals surface area contributed by atoms with E-state index in [1.807, 2.05) is 0 Å².